The minimum Gasteiger partial charge on any atom is -0.457 e. The smallest absolute Gasteiger partial charge is 0.133 e. The van der Waals surface area contributed by atoms with E-state index in [1.165, 1.54) is 17.7 Å². The molecule has 2 aromatic carbocycles. The Kier molecular flexibility index (Phi) is 5.34. The highest BCUT2D eigenvalue weighted by molar-refractivity contribution is 5.38. The standard InChI is InChI=1S/C18H22FNO/c1-4-17(20-5-2)14-7-10-16(11-8-14)21-18-12-15(19)9-6-13(18)3/h6-12,17,20H,4-5H2,1-3H3. The predicted octanol–water partition coefficient (Wildman–Crippen LogP) is 4.99. The van der Waals surface area contributed by atoms with Crippen molar-refractivity contribution >= 4 is 0 Å². The molecular weight excluding hydrogens is 265 g/mol. The number of nitrogens with one attached hydrogen (secondary N) is 1. The van der Waals surface area contributed by atoms with E-state index in [1.807, 2.05) is 19.1 Å². The number of ether oxygens (including phenoxy) is 1. The van der Waals surface area contributed by atoms with Crippen molar-refractivity contribution in [1.29, 1.82) is 0 Å². The summed E-state index contributed by atoms with van der Waals surface area (Å²) in [5.41, 5.74) is 2.15. The van der Waals surface area contributed by atoms with Gasteiger partial charge in [0.1, 0.15) is 17.3 Å². The van der Waals surface area contributed by atoms with Gasteiger partial charge in [-0.3, -0.25) is 0 Å². The van der Waals surface area contributed by atoms with Gasteiger partial charge in [0.15, 0.2) is 0 Å². The van der Waals surface area contributed by atoms with Crippen LogP contribution in [-0.4, -0.2) is 6.54 Å². The zero-order chi connectivity index (χ0) is 15.2. The van der Waals surface area contributed by atoms with Gasteiger partial charge in [0.25, 0.3) is 0 Å². The number of benzene rings is 2. The maximum Gasteiger partial charge on any atom is 0.133 e. The topological polar surface area (TPSA) is 21.3 Å². The Morgan fingerprint density at radius 2 is 1.81 bits per heavy atom. The largest absolute Gasteiger partial charge is 0.457 e. The molecule has 0 saturated heterocycles. The van der Waals surface area contributed by atoms with Gasteiger partial charge < -0.3 is 10.1 Å². The van der Waals surface area contributed by atoms with Crippen molar-refractivity contribution in [3.63, 3.8) is 0 Å². The van der Waals surface area contributed by atoms with E-state index in [0.717, 1.165) is 24.3 Å². The Hall–Kier alpha value is -1.87. The van der Waals surface area contributed by atoms with Crippen molar-refractivity contribution in [3.05, 3.63) is 59.4 Å². The van der Waals surface area contributed by atoms with Crippen LogP contribution in [0.25, 0.3) is 0 Å². The van der Waals surface area contributed by atoms with Gasteiger partial charge >= 0.3 is 0 Å². The van der Waals surface area contributed by atoms with Crippen LogP contribution in [0.3, 0.4) is 0 Å². The lowest BCUT2D eigenvalue weighted by Crippen LogP contribution is -2.19. The first-order chi connectivity index (χ1) is 10.1. The average Bonchev–Trinajstić information content (AvgIpc) is 2.49. The van der Waals surface area contributed by atoms with Gasteiger partial charge in [0, 0.05) is 12.1 Å². The molecule has 2 rings (SSSR count). The van der Waals surface area contributed by atoms with Crippen LogP contribution in [0.1, 0.15) is 37.4 Å². The fourth-order valence-corrected chi connectivity index (χ4v) is 2.32. The summed E-state index contributed by atoms with van der Waals surface area (Å²) in [4.78, 5) is 0. The second kappa shape index (κ2) is 7.23. The molecule has 0 bridgehead atoms. The van der Waals surface area contributed by atoms with Gasteiger partial charge in [-0.15, -0.1) is 0 Å². The van der Waals surface area contributed by atoms with Gasteiger partial charge in [-0.05, 0) is 49.2 Å². The van der Waals surface area contributed by atoms with E-state index < -0.39 is 0 Å². The molecule has 1 N–H and O–H groups in total. The zero-order valence-electron chi connectivity index (χ0n) is 12.8. The highest BCUT2D eigenvalue weighted by atomic mass is 19.1. The second-order valence-corrected chi connectivity index (χ2v) is 5.10. The first-order valence-electron chi connectivity index (χ1n) is 7.41. The van der Waals surface area contributed by atoms with Crippen LogP contribution in [0, 0.1) is 12.7 Å². The van der Waals surface area contributed by atoms with Crippen LogP contribution in [0.2, 0.25) is 0 Å². The van der Waals surface area contributed by atoms with E-state index in [9.17, 15) is 4.39 Å². The Morgan fingerprint density at radius 1 is 1.10 bits per heavy atom. The van der Waals surface area contributed by atoms with Crippen LogP contribution in [0.5, 0.6) is 11.5 Å². The minimum atomic E-state index is -0.287. The predicted molar refractivity (Wildman–Crippen MR) is 84.4 cm³/mol. The maximum absolute atomic E-state index is 13.3. The van der Waals surface area contributed by atoms with Crippen molar-refractivity contribution in [2.75, 3.05) is 6.54 Å². The maximum atomic E-state index is 13.3. The van der Waals surface area contributed by atoms with E-state index >= 15 is 0 Å². The lowest BCUT2D eigenvalue weighted by Gasteiger charge is -2.17. The molecule has 0 fully saturated rings. The summed E-state index contributed by atoms with van der Waals surface area (Å²) in [6, 6.07) is 12.9. The molecule has 21 heavy (non-hydrogen) atoms. The number of rotatable bonds is 6. The lowest BCUT2D eigenvalue weighted by molar-refractivity contribution is 0.471. The molecule has 0 aliphatic heterocycles. The number of hydrogen-bond donors (Lipinski definition) is 1. The van der Waals surface area contributed by atoms with E-state index in [-0.39, 0.29) is 5.82 Å². The van der Waals surface area contributed by atoms with E-state index in [0.29, 0.717) is 11.8 Å². The quantitative estimate of drug-likeness (QED) is 0.808. The lowest BCUT2D eigenvalue weighted by atomic mass is 10.0. The molecule has 1 atom stereocenters. The number of halogens is 1. The molecule has 0 aliphatic rings. The van der Waals surface area contributed by atoms with Gasteiger partial charge in [0.05, 0.1) is 0 Å². The van der Waals surface area contributed by atoms with Gasteiger partial charge in [-0.2, -0.15) is 0 Å². The summed E-state index contributed by atoms with van der Waals surface area (Å²) >= 11 is 0. The molecule has 0 saturated carbocycles. The summed E-state index contributed by atoms with van der Waals surface area (Å²) in [5.74, 6) is 0.991. The molecule has 112 valence electrons. The summed E-state index contributed by atoms with van der Waals surface area (Å²) in [6.07, 6.45) is 1.04. The molecule has 0 spiro atoms. The third-order valence-electron chi connectivity index (χ3n) is 3.52. The van der Waals surface area contributed by atoms with Crippen LogP contribution < -0.4 is 10.1 Å². The summed E-state index contributed by atoms with van der Waals surface area (Å²) in [7, 11) is 0. The molecule has 2 aromatic rings. The van der Waals surface area contributed by atoms with Crippen molar-refractivity contribution in [3.8, 4) is 11.5 Å². The van der Waals surface area contributed by atoms with Crippen molar-refractivity contribution in [2.24, 2.45) is 0 Å². The minimum absolute atomic E-state index is 0.287. The zero-order valence-corrected chi connectivity index (χ0v) is 12.8. The Balaban J connectivity index is 2.13. The van der Waals surface area contributed by atoms with Crippen LogP contribution in [-0.2, 0) is 0 Å². The van der Waals surface area contributed by atoms with Crippen molar-refractivity contribution in [2.45, 2.75) is 33.2 Å². The van der Waals surface area contributed by atoms with Gasteiger partial charge in [0.2, 0.25) is 0 Å². The summed E-state index contributed by atoms with van der Waals surface area (Å²) in [6.45, 7) is 7.11. The molecule has 3 heteroatoms. The first kappa shape index (κ1) is 15.5. The fourth-order valence-electron chi connectivity index (χ4n) is 2.32. The molecule has 0 heterocycles. The second-order valence-electron chi connectivity index (χ2n) is 5.10. The molecule has 0 radical (unpaired) electrons. The van der Waals surface area contributed by atoms with Crippen LogP contribution in [0.4, 0.5) is 4.39 Å². The first-order valence-corrected chi connectivity index (χ1v) is 7.41. The molecule has 1 unspecified atom stereocenters. The summed E-state index contributed by atoms with van der Waals surface area (Å²) < 4.78 is 19.0. The molecule has 0 aliphatic carbocycles. The summed E-state index contributed by atoms with van der Waals surface area (Å²) in [5, 5.41) is 3.44. The fraction of sp³-hybridized carbons (Fsp3) is 0.333. The number of aryl methyl sites for hydroxylation is 1. The van der Waals surface area contributed by atoms with Crippen LogP contribution in [0.15, 0.2) is 42.5 Å². The Morgan fingerprint density at radius 3 is 2.43 bits per heavy atom. The normalized spacial score (nSPS) is 12.2. The van der Waals surface area contributed by atoms with E-state index in [1.54, 1.807) is 6.07 Å². The molecular formula is C18H22FNO. The highest BCUT2D eigenvalue weighted by Crippen LogP contribution is 2.27. The van der Waals surface area contributed by atoms with E-state index in [2.05, 4.69) is 31.3 Å². The van der Waals surface area contributed by atoms with Crippen LogP contribution >= 0.6 is 0 Å². The SMILES string of the molecule is CCNC(CC)c1ccc(Oc2cc(F)ccc2C)cc1. The third-order valence-corrected chi connectivity index (χ3v) is 3.52. The van der Waals surface area contributed by atoms with E-state index in [4.69, 9.17) is 4.74 Å². The highest BCUT2D eigenvalue weighted by Gasteiger charge is 2.08. The third kappa shape index (κ3) is 4.05. The van der Waals surface area contributed by atoms with Gasteiger partial charge in [-0.1, -0.05) is 32.0 Å². The molecule has 2 nitrogen and oxygen atoms in total. The monoisotopic (exact) mass is 287 g/mol. The average molecular weight is 287 g/mol. The van der Waals surface area contributed by atoms with Gasteiger partial charge in [-0.25, -0.2) is 4.39 Å². The molecule has 0 aromatic heterocycles. The molecule has 0 amide bonds. The number of hydrogen-bond acceptors (Lipinski definition) is 2. The Labute approximate surface area is 126 Å². The Bertz CT molecular complexity index is 580. The van der Waals surface area contributed by atoms with Crippen molar-refractivity contribution in [1.82, 2.24) is 5.32 Å². The van der Waals surface area contributed by atoms with Crippen molar-refractivity contribution < 1.29 is 9.13 Å².